The molecule has 22 heavy (non-hydrogen) atoms. The summed E-state index contributed by atoms with van der Waals surface area (Å²) in [6.45, 7) is 8.64. The fourth-order valence-electron chi connectivity index (χ4n) is 3.14. The zero-order valence-corrected chi connectivity index (χ0v) is 13.3. The van der Waals surface area contributed by atoms with Crippen molar-refractivity contribution in [2.75, 3.05) is 0 Å². The summed E-state index contributed by atoms with van der Waals surface area (Å²) < 4.78 is 11.1. The summed E-state index contributed by atoms with van der Waals surface area (Å²) in [4.78, 5) is 23.0. The Morgan fingerprint density at radius 3 is 2.23 bits per heavy atom. The monoisotopic (exact) mass is 302 g/mol. The van der Waals surface area contributed by atoms with Gasteiger partial charge < -0.3 is 9.47 Å². The van der Waals surface area contributed by atoms with Crippen LogP contribution in [0.2, 0.25) is 0 Å². The Bertz CT molecular complexity index is 591. The molecule has 0 saturated heterocycles. The first-order valence-corrected chi connectivity index (χ1v) is 7.58. The van der Waals surface area contributed by atoms with Crippen LogP contribution < -0.4 is 0 Å². The highest BCUT2D eigenvalue weighted by atomic mass is 16.6. The molecule has 4 nitrogen and oxygen atoms in total. The number of carbonyl (C=O) groups is 2. The number of hydrogen-bond donors (Lipinski definition) is 0. The van der Waals surface area contributed by atoms with Crippen molar-refractivity contribution in [2.45, 2.75) is 45.8 Å². The lowest BCUT2D eigenvalue weighted by molar-refractivity contribution is -0.157. The maximum Gasteiger partial charge on any atom is 0.303 e. The molecule has 0 saturated carbocycles. The molecule has 0 aromatic heterocycles. The van der Waals surface area contributed by atoms with Crippen molar-refractivity contribution < 1.29 is 19.1 Å². The average molecular weight is 302 g/mol. The maximum atomic E-state index is 11.5. The summed E-state index contributed by atoms with van der Waals surface area (Å²) in [7, 11) is 0. The van der Waals surface area contributed by atoms with Crippen LogP contribution in [-0.4, -0.2) is 11.9 Å². The molecule has 3 atom stereocenters. The molecule has 0 N–H and O–H groups in total. The van der Waals surface area contributed by atoms with Gasteiger partial charge in [-0.1, -0.05) is 38.1 Å². The SMILES string of the molecule is C=Cc1ccc2c(c1)C(OC(C)=O)C(CCC)C2OC(C)=O. The van der Waals surface area contributed by atoms with E-state index in [0.29, 0.717) is 0 Å². The Labute approximate surface area is 131 Å². The Morgan fingerprint density at radius 2 is 1.73 bits per heavy atom. The summed E-state index contributed by atoms with van der Waals surface area (Å²) in [5.41, 5.74) is 2.79. The summed E-state index contributed by atoms with van der Waals surface area (Å²) in [5, 5.41) is 0. The van der Waals surface area contributed by atoms with Crippen molar-refractivity contribution in [1.82, 2.24) is 0 Å². The molecule has 0 radical (unpaired) electrons. The first-order chi connectivity index (χ1) is 10.5. The zero-order chi connectivity index (χ0) is 16.3. The Kier molecular flexibility index (Phi) is 5.01. The van der Waals surface area contributed by atoms with Crippen LogP contribution in [0, 0.1) is 5.92 Å². The second kappa shape index (κ2) is 6.77. The van der Waals surface area contributed by atoms with E-state index in [1.54, 1.807) is 6.08 Å². The minimum absolute atomic E-state index is 0.0483. The van der Waals surface area contributed by atoms with Crippen LogP contribution in [0.3, 0.4) is 0 Å². The van der Waals surface area contributed by atoms with E-state index in [4.69, 9.17) is 9.47 Å². The predicted octanol–water partition coefficient (Wildman–Crippen LogP) is 3.97. The highest BCUT2D eigenvalue weighted by molar-refractivity contribution is 5.68. The number of rotatable bonds is 5. The average Bonchev–Trinajstić information content (AvgIpc) is 2.72. The van der Waals surface area contributed by atoms with Gasteiger partial charge in [-0.05, 0) is 23.6 Å². The third kappa shape index (κ3) is 3.21. The van der Waals surface area contributed by atoms with Gasteiger partial charge in [0.1, 0.15) is 12.2 Å². The molecule has 0 heterocycles. The van der Waals surface area contributed by atoms with Crippen LogP contribution >= 0.6 is 0 Å². The van der Waals surface area contributed by atoms with E-state index in [1.807, 2.05) is 18.2 Å². The van der Waals surface area contributed by atoms with Crippen LogP contribution in [0.4, 0.5) is 0 Å². The van der Waals surface area contributed by atoms with Crippen molar-refractivity contribution in [2.24, 2.45) is 5.92 Å². The molecule has 2 rings (SSSR count). The largest absolute Gasteiger partial charge is 0.457 e. The highest BCUT2D eigenvalue weighted by Gasteiger charge is 2.44. The second-order valence-electron chi connectivity index (χ2n) is 5.61. The Morgan fingerprint density at radius 1 is 1.14 bits per heavy atom. The minimum atomic E-state index is -0.378. The standard InChI is InChI=1S/C18H22O4/c1-5-7-15-17(21-11(3)19)14-9-8-13(6-2)10-16(14)18(15)22-12(4)20/h6,8-10,15,17-18H,2,5,7H2,1,3-4H3. The fourth-order valence-corrected chi connectivity index (χ4v) is 3.14. The maximum absolute atomic E-state index is 11.5. The summed E-state index contributed by atoms with van der Waals surface area (Å²) in [5.74, 6) is -0.703. The van der Waals surface area contributed by atoms with Crippen LogP contribution in [0.25, 0.3) is 6.08 Å². The summed E-state index contributed by atoms with van der Waals surface area (Å²) in [6.07, 6.45) is 2.74. The van der Waals surface area contributed by atoms with Gasteiger partial charge in [0, 0.05) is 25.3 Å². The minimum Gasteiger partial charge on any atom is -0.457 e. The molecule has 4 heteroatoms. The van der Waals surface area contributed by atoms with Crippen LogP contribution in [0.5, 0.6) is 0 Å². The highest BCUT2D eigenvalue weighted by Crippen LogP contribution is 2.50. The lowest BCUT2D eigenvalue weighted by Gasteiger charge is -2.24. The van der Waals surface area contributed by atoms with E-state index in [1.165, 1.54) is 13.8 Å². The van der Waals surface area contributed by atoms with E-state index in [-0.39, 0.29) is 30.1 Å². The molecule has 0 fully saturated rings. The van der Waals surface area contributed by atoms with E-state index in [9.17, 15) is 9.59 Å². The van der Waals surface area contributed by atoms with Crippen molar-refractivity contribution in [3.05, 3.63) is 41.5 Å². The zero-order valence-electron chi connectivity index (χ0n) is 13.3. The summed E-state index contributed by atoms with van der Waals surface area (Å²) >= 11 is 0. The number of fused-ring (bicyclic) bond motifs is 1. The van der Waals surface area contributed by atoms with Gasteiger partial charge in [0.15, 0.2) is 0 Å². The molecular weight excluding hydrogens is 280 g/mol. The Balaban J connectivity index is 2.49. The van der Waals surface area contributed by atoms with E-state index in [2.05, 4.69) is 13.5 Å². The fraction of sp³-hybridized carbons (Fsp3) is 0.444. The van der Waals surface area contributed by atoms with Gasteiger partial charge in [0.2, 0.25) is 0 Å². The topological polar surface area (TPSA) is 52.6 Å². The van der Waals surface area contributed by atoms with Crippen LogP contribution in [-0.2, 0) is 19.1 Å². The Hall–Kier alpha value is -2.10. The second-order valence-corrected chi connectivity index (χ2v) is 5.61. The molecule has 1 aromatic carbocycles. The van der Waals surface area contributed by atoms with Gasteiger partial charge in [-0.15, -0.1) is 0 Å². The van der Waals surface area contributed by atoms with Crippen molar-refractivity contribution in [1.29, 1.82) is 0 Å². The van der Waals surface area contributed by atoms with Gasteiger partial charge >= 0.3 is 11.9 Å². The van der Waals surface area contributed by atoms with Crippen LogP contribution in [0.1, 0.15) is 62.5 Å². The van der Waals surface area contributed by atoms with Gasteiger partial charge in [-0.3, -0.25) is 9.59 Å². The van der Waals surface area contributed by atoms with E-state index >= 15 is 0 Å². The number of benzene rings is 1. The smallest absolute Gasteiger partial charge is 0.303 e. The van der Waals surface area contributed by atoms with Gasteiger partial charge in [0.05, 0.1) is 0 Å². The molecule has 1 aliphatic carbocycles. The van der Waals surface area contributed by atoms with Gasteiger partial charge in [0.25, 0.3) is 0 Å². The van der Waals surface area contributed by atoms with Crippen LogP contribution in [0.15, 0.2) is 24.8 Å². The number of carbonyl (C=O) groups excluding carboxylic acids is 2. The molecule has 3 unspecified atom stereocenters. The van der Waals surface area contributed by atoms with E-state index < -0.39 is 0 Å². The third-order valence-corrected chi connectivity index (χ3v) is 3.95. The van der Waals surface area contributed by atoms with E-state index in [0.717, 1.165) is 29.5 Å². The molecule has 0 bridgehead atoms. The summed E-state index contributed by atoms with van der Waals surface area (Å²) in [6, 6.07) is 5.83. The van der Waals surface area contributed by atoms with Crippen molar-refractivity contribution in [3.63, 3.8) is 0 Å². The van der Waals surface area contributed by atoms with Crippen molar-refractivity contribution >= 4 is 18.0 Å². The normalized spacial score (nSPS) is 22.8. The number of esters is 2. The molecule has 0 aliphatic heterocycles. The van der Waals surface area contributed by atoms with Crippen molar-refractivity contribution in [3.8, 4) is 0 Å². The third-order valence-electron chi connectivity index (χ3n) is 3.95. The molecule has 0 spiro atoms. The number of hydrogen-bond acceptors (Lipinski definition) is 4. The predicted molar refractivity (Wildman–Crippen MR) is 83.9 cm³/mol. The lowest BCUT2D eigenvalue weighted by Crippen LogP contribution is -2.20. The molecule has 1 aromatic rings. The lowest BCUT2D eigenvalue weighted by atomic mass is 9.95. The molecule has 118 valence electrons. The van der Waals surface area contributed by atoms with Gasteiger partial charge in [-0.25, -0.2) is 0 Å². The molecular formula is C18H22O4. The molecule has 1 aliphatic rings. The quantitative estimate of drug-likeness (QED) is 0.772. The molecule has 0 amide bonds. The first kappa shape index (κ1) is 16.3. The first-order valence-electron chi connectivity index (χ1n) is 7.58. The van der Waals surface area contributed by atoms with Gasteiger partial charge in [-0.2, -0.15) is 0 Å². The number of ether oxygens (including phenoxy) is 2.